The zero-order chi connectivity index (χ0) is 12.9. The first-order valence-corrected chi connectivity index (χ1v) is 5.35. The van der Waals surface area contributed by atoms with Crippen LogP contribution in [-0.4, -0.2) is 45.2 Å². The summed E-state index contributed by atoms with van der Waals surface area (Å²) in [4.78, 5) is 23.6. The van der Waals surface area contributed by atoms with Crippen molar-refractivity contribution < 1.29 is 19.8 Å². The molecule has 1 unspecified atom stereocenters. The smallest absolute Gasteiger partial charge is 0.220 e. The van der Waals surface area contributed by atoms with Gasteiger partial charge in [-0.2, -0.15) is 0 Å². The van der Waals surface area contributed by atoms with Gasteiger partial charge in [-0.15, -0.1) is 0 Å². The van der Waals surface area contributed by atoms with Gasteiger partial charge in [-0.3, -0.25) is 9.59 Å². The number of carbonyl (C=O) groups is 2. The molecule has 0 aromatic carbocycles. The molecule has 1 aliphatic rings. The van der Waals surface area contributed by atoms with Gasteiger partial charge in [-0.05, 0) is 33.6 Å². The summed E-state index contributed by atoms with van der Waals surface area (Å²) in [6.45, 7) is 6.41. The Balaban J connectivity index is 0.000000385. The van der Waals surface area contributed by atoms with Crippen molar-refractivity contribution in [3.63, 3.8) is 0 Å². The van der Waals surface area contributed by atoms with Crippen LogP contribution in [0.3, 0.4) is 0 Å². The summed E-state index contributed by atoms with van der Waals surface area (Å²) in [5, 5.41) is 16.2. The summed E-state index contributed by atoms with van der Waals surface area (Å²) in [7, 11) is 0. The summed E-state index contributed by atoms with van der Waals surface area (Å²) < 4.78 is 0. The van der Waals surface area contributed by atoms with E-state index in [2.05, 4.69) is 0 Å². The van der Waals surface area contributed by atoms with Crippen LogP contribution in [-0.2, 0) is 9.59 Å². The summed E-state index contributed by atoms with van der Waals surface area (Å²) in [6.07, 6.45) is 1.80. The first-order chi connectivity index (χ1) is 7.13. The molecule has 1 aliphatic heterocycles. The molecule has 5 nitrogen and oxygen atoms in total. The standard InChI is InChI=1S/C8H13NO2.C3H8O2/c1-6(10)8-4-3-5-9(8)7(2)11;1-3(2,4)5/h8H,3-5H2,1-2H3;4-5H,1-2H3. The highest BCUT2D eigenvalue weighted by atomic mass is 16.5. The van der Waals surface area contributed by atoms with Crippen molar-refractivity contribution in [2.75, 3.05) is 6.54 Å². The number of ketones is 1. The summed E-state index contributed by atoms with van der Waals surface area (Å²) in [5.41, 5.74) is 0. The molecule has 2 N–H and O–H groups in total. The second kappa shape index (κ2) is 5.96. The average molecular weight is 231 g/mol. The molecule has 5 heteroatoms. The number of likely N-dealkylation sites (tertiary alicyclic amines) is 1. The van der Waals surface area contributed by atoms with Crippen LogP contribution in [0.1, 0.15) is 40.5 Å². The Kier molecular flexibility index (Phi) is 5.61. The lowest BCUT2D eigenvalue weighted by molar-refractivity contribution is -0.135. The molecule has 0 aromatic heterocycles. The van der Waals surface area contributed by atoms with Crippen LogP contribution < -0.4 is 0 Å². The van der Waals surface area contributed by atoms with Gasteiger partial charge in [-0.25, -0.2) is 0 Å². The number of nitrogens with zero attached hydrogens (tertiary/aromatic N) is 1. The van der Waals surface area contributed by atoms with Crippen LogP contribution >= 0.6 is 0 Å². The van der Waals surface area contributed by atoms with Crippen molar-refractivity contribution >= 4 is 11.7 Å². The van der Waals surface area contributed by atoms with E-state index in [9.17, 15) is 9.59 Å². The molecule has 1 atom stereocenters. The maximum Gasteiger partial charge on any atom is 0.220 e. The fourth-order valence-corrected chi connectivity index (χ4v) is 1.57. The zero-order valence-electron chi connectivity index (χ0n) is 10.4. The molecule has 0 spiro atoms. The van der Waals surface area contributed by atoms with Gasteiger partial charge in [0.2, 0.25) is 5.91 Å². The number of rotatable bonds is 1. The van der Waals surface area contributed by atoms with E-state index in [1.807, 2.05) is 0 Å². The number of Topliss-reactive ketones (excluding diaryl/α,β-unsaturated/α-hetero) is 1. The van der Waals surface area contributed by atoms with Crippen molar-refractivity contribution in [1.82, 2.24) is 4.90 Å². The van der Waals surface area contributed by atoms with Gasteiger partial charge in [0.1, 0.15) is 0 Å². The third kappa shape index (κ3) is 6.53. The predicted octanol–water partition coefficient (Wildman–Crippen LogP) is 0.293. The fourth-order valence-electron chi connectivity index (χ4n) is 1.57. The van der Waals surface area contributed by atoms with Gasteiger partial charge < -0.3 is 15.1 Å². The minimum Gasteiger partial charge on any atom is -0.366 e. The molecule has 0 radical (unpaired) electrons. The number of aliphatic hydroxyl groups is 2. The largest absolute Gasteiger partial charge is 0.366 e. The van der Waals surface area contributed by atoms with E-state index in [4.69, 9.17) is 10.2 Å². The van der Waals surface area contributed by atoms with E-state index in [1.165, 1.54) is 20.8 Å². The van der Waals surface area contributed by atoms with Crippen LogP contribution in [0.2, 0.25) is 0 Å². The summed E-state index contributed by atoms with van der Waals surface area (Å²) in [6, 6.07) is -0.132. The molecule has 1 amide bonds. The molecule has 1 heterocycles. The second-order valence-electron chi connectivity index (χ2n) is 4.48. The maximum absolute atomic E-state index is 11.0. The molecule has 1 fully saturated rings. The Bertz CT molecular complexity index is 231. The van der Waals surface area contributed by atoms with E-state index in [-0.39, 0.29) is 17.7 Å². The quantitative estimate of drug-likeness (QED) is 0.636. The van der Waals surface area contributed by atoms with Gasteiger partial charge in [0.05, 0.1) is 6.04 Å². The third-order valence-electron chi connectivity index (χ3n) is 2.13. The number of hydrogen-bond donors (Lipinski definition) is 2. The highest BCUT2D eigenvalue weighted by molar-refractivity contribution is 5.87. The average Bonchev–Trinajstić information content (AvgIpc) is 2.47. The lowest BCUT2D eigenvalue weighted by atomic mass is 10.1. The predicted molar refractivity (Wildman–Crippen MR) is 59.6 cm³/mol. The van der Waals surface area contributed by atoms with Gasteiger partial charge in [0, 0.05) is 13.5 Å². The van der Waals surface area contributed by atoms with Gasteiger partial charge in [0.15, 0.2) is 11.6 Å². The first kappa shape index (κ1) is 15.1. The van der Waals surface area contributed by atoms with E-state index < -0.39 is 5.79 Å². The molecular formula is C11H21NO4. The van der Waals surface area contributed by atoms with Crippen LogP contribution in [0.25, 0.3) is 0 Å². The van der Waals surface area contributed by atoms with E-state index in [0.29, 0.717) is 0 Å². The van der Waals surface area contributed by atoms with Crippen molar-refractivity contribution in [1.29, 1.82) is 0 Å². The van der Waals surface area contributed by atoms with Gasteiger partial charge in [-0.1, -0.05) is 0 Å². The molecular weight excluding hydrogens is 210 g/mol. The second-order valence-corrected chi connectivity index (χ2v) is 4.48. The highest BCUT2D eigenvalue weighted by Crippen LogP contribution is 2.17. The SMILES string of the molecule is CC(=O)C1CCCN1C(C)=O.CC(C)(O)O. The summed E-state index contributed by atoms with van der Waals surface area (Å²) >= 11 is 0. The normalized spacial score (nSPS) is 20.1. The lowest BCUT2D eigenvalue weighted by Gasteiger charge is -2.20. The van der Waals surface area contributed by atoms with Crippen molar-refractivity contribution in [3.05, 3.63) is 0 Å². The minimum atomic E-state index is -1.50. The highest BCUT2D eigenvalue weighted by Gasteiger charge is 2.29. The Morgan fingerprint density at radius 2 is 1.69 bits per heavy atom. The van der Waals surface area contributed by atoms with Crippen LogP contribution in [0, 0.1) is 0 Å². The zero-order valence-corrected chi connectivity index (χ0v) is 10.4. The molecule has 94 valence electrons. The minimum absolute atomic E-state index is 0.0164. The molecule has 16 heavy (non-hydrogen) atoms. The van der Waals surface area contributed by atoms with Gasteiger partial charge >= 0.3 is 0 Å². The van der Waals surface area contributed by atoms with Gasteiger partial charge in [0.25, 0.3) is 0 Å². The Labute approximate surface area is 96.1 Å². The van der Waals surface area contributed by atoms with Crippen molar-refractivity contribution in [3.8, 4) is 0 Å². The first-order valence-electron chi connectivity index (χ1n) is 5.35. The number of hydrogen-bond acceptors (Lipinski definition) is 4. The van der Waals surface area contributed by atoms with E-state index >= 15 is 0 Å². The molecule has 0 saturated carbocycles. The maximum atomic E-state index is 11.0. The Morgan fingerprint density at radius 1 is 1.25 bits per heavy atom. The summed E-state index contributed by atoms with van der Waals surface area (Å²) in [5.74, 6) is -1.37. The van der Waals surface area contributed by atoms with Crippen LogP contribution in [0.5, 0.6) is 0 Å². The molecule has 1 saturated heterocycles. The number of amides is 1. The molecule has 0 bridgehead atoms. The van der Waals surface area contributed by atoms with Crippen molar-refractivity contribution in [2.24, 2.45) is 0 Å². The number of carbonyl (C=O) groups excluding carboxylic acids is 2. The third-order valence-corrected chi connectivity index (χ3v) is 2.13. The Morgan fingerprint density at radius 3 is 1.94 bits per heavy atom. The van der Waals surface area contributed by atoms with Crippen LogP contribution in [0.15, 0.2) is 0 Å². The molecule has 1 rings (SSSR count). The monoisotopic (exact) mass is 231 g/mol. The van der Waals surface area contributed by atoms with E-state index in [1.54, 1.807) is 11.8 Å². The van der Waals surface area contributed by atoms with E-state index in [0.717, 1.165) is 19.4 Å². The molecule has 0 aliphatic carbocycles. The Hall–Kier alpha value is -0.940. The fraction of sp³-hybridized carbons (Fsp3) is 0.818. The lowest BCUT2D eigenvalue weighted by Crippen LogP contribution is -2.37. The van der Waals surface area contributed by atoms with Crippen molar-refractivity contribution in [2.45, 2.75) is 52.4 Å². The topological polar surface area (TPSA) is 77.8 Å². The van der Waals surface area contributed by atoms with Crippen LogP contribution in [0.4, 0.5) is 0 Å². The molecule has 0 aromatic rings.